The number of nitrogens with zero attached hydrogens (tertiary/aromatic N) is 1. The Morgan fingerprint density at radius 3 is 2.85 bits per heavy atom. The fourth-order valence-corrected chi connectivity index (χ4v) is 3.32. The second kappa shape index (κ2) is 5.09. The van der Waals surface area contributed by atoms with Crippen LogP contribution in [0.4, 0.5) is 0 Å². The molecule has 0 N–H and O–H groups in total. The van der Waals surface area contributed by atoms with Crippen LogP contribution >= 0.6 is 0 Å². The van der Waals surface area contributed by atoms with Crippen molar-refractivity contribution in [2.45, 2.75) is 11.3 Å². The molecule has 3 rings (SSSR count). The molecule has 0 fully saturated rings. The van der Waals surface area contributed by atoms with Gasteiger partial charge in [-0.2, -0.15) is 0 Å². The number of pyridine rings is 1. The molecule has 2 aromatic rings. The first kappa shape index (κ1) is 12.9. The van der Waals surface area contributed by atoms with Gasteiger partial charge in [-0.05, 0) is 29.8 Å². The maximum absolute atomic E-state index is 11.7. The first-order valence-electron chi connectivity index (χ1n) is 6.25. The molecule has 1 aliphatic rings. The monoisotopic (exact) mass is 287 g/mol. The van der Waals surface area contributed by atoms with E-state index < -0.39 is 9.84 Å². The van der Waals surface area contributed by atoms with Crippen molar-refractivity contribution in [3.63, 3.8) is 0 Å². The van der Waals surface area contributed by atoms with E-state index in [9.17, 15) is 8.42 Å². The molecule has 0 atom stereocenters. The van der Waals surface area contributed by atoms with Gasteiger partial charge in [-0.25, -0.2) is 8.42 Å². The molecule has 1 aliphatic heterocycles. The molecule has 0 aliphatic carbocycles. The van der Waals surface area contributed by atoms with Crippen molar-refractivity contribution in [3.8, 4) is 5.75 Å². The highest BCUT2D eigenvalue weighted by Crippen LogP contribution is 2.33. The lowest BCUT2D eigenvalue weighted by Crippen LogP contribution is -2.03. The van der Waals surface area contributed by atoms with E-state index in [0.29, 0.717) is 22.8 Å². The molecule has 0 spiro atoms. The van der Waals surface area contributed by atoms with E-state index >= 15 is 0 Å². The highest BCUT2D eigenvalue weighted by Gasteiger charge is 2.23. The molecule has 0 bridgehead atoms. The van der Waals surface area contributed by atoms with E-state index in [-0.39, 0.29) is 0 Å². The molecule has 1 aromatic carbocycles. The standard InChI is InChI=1S/C15H13NO3S/c17-20(18)10-7-13-14(4-1-5-15(13)20)19-9-6-12-3-2-8-16-11-12/h1-5,7-8,10-11H,6,9H2. The fraction of sp³-hybridized carbons (Fsp3) is 0.133. The van der Waals surface area contributed by atoms with Gasteiger partial charge in [0.05, 0.1) is 11.5 Å². The topological polar surface area (TPSA) is 56.3 Å². The van der Waals surface area contributed by atoms with Crippen molar-refractivity contribution < 1.29 is 13.2 Å². The summed E-state index contributed by atoms with van der Waals surface area (Å²) in [5.41, 5.74) is 1.72. The van der Waals surface area contributed by atoms with Crippen LogP contribution in [0.3, 0.4) is 0 Å². The van der Waals surface area contributed by atoms with E-state index in [1.807, 2.05) is 12.1 Å². The summed E-state index contributed by atoms with van der Waals surface area (Å²) in [6.07, 6.45) is 5.84. The van der Waals surface area contributed by atoms with Gasteiger partial charge in [0.2, 0.25) is 9.84 Å². The number of hydrogen-bond acceptors (Lipinski definition) is 4. The summed E-state index contributed by atoms with van der Waals surface area (Å²) in [5.74, 6) is 0.601. The number of rotatable bonds is 4. The summed E-state index contributed by atoms with van der Waals surface area (Å²) in [6, 6.07) is 8.94. The molecule has 0 amide bonds. The van der Waals surface area contributed by atoms with Crippen molar-refractivity contribution in [1.82, 2.24) is 4.98 Å². The van der Waals surface area contributed by atoms with Crippen molar-refractivity contribution >= 4 is 15.9 Å². The lowest BCUT2D eigenvalue weighted by Gasteiger charge is -2.09. The summed E-state index contributed by atoms with van der Waals surface area (Å²) >= 11 is 0. The number of fused-ring (bicyclic) bond motifs is 1. The second-order valence-electron chi connectivity index (χ2n) is 4.48. The molecular formula is C15H13NO3S. The van der Waals surface area contributed by atoms with E-state index in [0.717, 1.165) is 12.0 Å². The third-order valence-electron chi connectivity index (χ3n) is 3.12. The molecule has 1 aromatic heterocycles. The predicted octanol–water partition coefficient (Wildman–Crippen LogP) is 2.46. The van der Waals surface area contributed by atoms with Crippen LogP contribution in [-0.2, 0) is 16.3 Å². The van der Waals surface area contributed by atoms with Crippen LogP contribution in [0.1, 0.15) is 11.1 Å². The third-order valence-corrected chi connectivity index (χ3v) is 4.58. The van der Waals surface area contributed by atoms with E-state index in [1.165, 1.54) is 5.41 Å². The van der Waals surface area contributed by atoms with Crippen molar-refractivity contribution in [1.29, 1.82) is 0 Å². The summed E-state index contributed by atoms with van der Waals surface area (Å²) < 4.78 is 29.2. The predicted molar refractivity (Wildman–Crippen MR) is 76.1 cm³/mol. The fourth-order valence-electron chi connectivity index (χ4n) is 2.12. The highest BCUT2D eigenvalue weighted by molar-refractivity contribution is 7.94. The SMILES string of the molecule is O=S1(=O)C=Cc2c(OCCc3cccnc3)cccc21. The molecule has 102 valence electrons. The van der Waals surface area contributed by atoms with Crippen molar-refractivity contribution in [2.24, 2.45) is 0 Å². The van der Waals surface area contributed by atoms with Gasteiger partial charge in [0, 0.05) is 29.8 Å². The van der Waals surface area contributed by atoms with Gasteiger partial charge in [0.15, 0.2) is 0 Å². The Labute approximate surface area is 117 Å². The van der Waals surface area contributed by atoms with Crippen LogP contribution in [0.2, 0.25) is 0 Å². The number of ether oxygens (including phenoxy) is 1. The summed E-state index contributed by atoms with van der Waals surface area (Å²) in [5, 5.41) is 1.21. The van der Waals surface area contributed by atoms with Gasteiger partial charge in [0.1, 0.15) is 5.75 Å². The second-order valence-corrected chi connectivity index (χ2v) is 6.28. The first-order valence-corrected chi connectivity index (χ1v) is 7.79. The maximum atomic E-state index is 11.7. The van der Waals surface area contributed by atoms with Crippen LogP contribution in [0, 0.1) is 0 Å². The molecule has 5 heteroatoms. The lowest BCUT2D eigenvalue weighted by molar-refractivity contribution is 0.320. The normalized spacial score (nSPS) is 15.0. The molecule has 2 heterocycles. The Morgan fingerprint density at radius 2 is 2.05 bits per heavy atom. The van der Waals surface area contributed by atoms with Crippen LogP contribution in [0.25, 0.3) is 6.08 Å². The average molecular weight is 287 g/mol. The van der Waals surface area contributed by atoms with E-state index in [4.69, 9.17) is 4.74 Å². The zero-order valence-corrected chi connectivity index (χ0v) is 11.5. The van der Waals surface area contributed by atoms with E-state index in [2.05, 4.69) is 4.98 Å². The molecular weight excluding hydrogens is 274 g/mol. The maximum Gasteiger partial charge on any atom is 0.200 e. The van der Waals surface area contributed by atoms with Gasteiger partial charge in [-0.1, -0.05) is 12.1 Å². The summed E-state index contributed by atoms with van der Waals surface area (Å²) in [4.78, 5) is 4.36. The van der Waals surface area contributed by atoms with Gasteiger partial charge < -0.3 is 4.74 Å². The van der Waals surface area contributed by atoms with Gasteiger partial charge >= 0.3 is 0 Å². The quantitative estimate of drug-likeness (QED) is 0.866. The zero-order valence-electron chi connectivity index (χ0n) is 10.7. The van der Waals surface area contributed by atoms with E-state index in [1.54, 1.807) is 36.7 Å². The minimum absolute atomic E-state index is 0.316. The summed E-state index contributed by atoms with van der Waals surface area (Å²) in [7, 11) is -3.28. The highest BCUT2D eigenvalue weighted by atomic mass is 32.2. The Kier molecular flexibility index (Phi) is 3.28. The molecule has 0 radical (unpaired) electrons. The minimum Gasteiger partial charge on any atom is -0.493 e. The average Bonchev–Trinajstić information content (AvgIpc) is 2.77. The van der Waals surface area contributed by atoms with Gasteiger partial charge in [-0.3, -0.25) is 4.98 Å². The van der Waals surface area contributed by atoms with Crippen LogP contribution < -0.4 is 4.74 Å². The molecule has 0 saturated heterocycles. The number of hydrogen-bond donors (Lipinski definition) is 0. The van der Waals surface area contributed by atoms with Crippen molar-refractivity contribution in [2.75, 3.05) is 6.61 Å². The first-order chi connectivity index (χ1) is 9.67. The van der Waals surface area contributed by atoms with Gasteiger partial charge in [0.25, 0.3) is 0 Å². The molecule has 0 saturated carbocycles. The van der Waals surface area contributed by atoms with Crippen LogP contribution in [0.5, 0.6) is 5.75 Å². The minimum atomic E-state index is -3.28. The number of aromatic nitrogens is 1. The zero-order chi connectivity index (χ0) is 14.0. The number of sulfone groups is 1. The van der Waals surface area contributed by atoms with Crippen molar-refractivity contribution in [3.05, 3.63) is 59.3 Å². The largest absolute Gasteiger partial charge is 0.493 e. The Balaban J connectivity index is 1.74. The Morgan fingerprint density at radius 1 is 1.15 bits per heavy atom. The molecule has 20 heavy (non-hydrogen) atoms. The lowest BCUT2D eigenvalue weighted by atomic mass is 10.2. The van der Waals surface area contributed by atoms with Crippen LogP contribution in [0.15, 0.2) is 53.0 Å². The summed E-state index contributed by atoms with van der Waals surface area (Å²) in [6.45, 7) is 0.482. The third kappa shape index (κ3) is 2.44. The number of benzene rings is 1. The smallest absolute Gasteiger partial charge is 0.200 e. The Hall–Kier alpha value is -2.14. The van der Waals surface area contributed by atoms with Crippen LogP contribution in [-0.4, -0.2) is 20.0 Å². The van der Waals surface area contributed by atoms with Gasteiger partial charge in [-0.15, -0.1) is 0 Å². The molecule has 4 nitrogen and oxygen atoms in total. The molecule has 0 unspecified atom stereocenters. The Bertz CT molecular complexity index is 752.